The normalized spacial score (nSPS) is 14.4. The van der Waals surface area contributed by atoms with Gasteiger partial charge in [-0.2, -0.15) is 0 Å². The predicted molar refractivity (Wildman–Crippen MR) is 98.2 cm³/mol. The molecule has 0 amide bonds. The van der Waals surface area contributed by atoms with Crippen LogP contribution in [0.3, 0.4) is 0 Å². The Balaban J connectivity index is 2.40. The second-order valence-electron chi connectivity index (χ2n) is 6.14. The average molecular weight is 379 g/mol. The largest absolute Gasteiger partial charge is 0.480 e. The fourth-order valence-electron chi connectivity index (χ4n) is 2.85. The third kappa shape index (κ3) is 4.25. The summed E-state index contributed by atoms with van der Waals surface area (Å²) in [4.78, 5) is 29.3. The molecule has 1 aromatic carbocycles. The molecule has 1 N–H and O–H groups in total. The summed E-state index contributed by atoms with van der Waals surface area (Å²) >= 11 is 5.89. The first kappa shape index (κ1) is 20.0. The molecule has 1 aromatic heterocycles. The van der Waals surface area contributed by atoms with Gasteiger partial charge in [0.1, 0.15) is 11.2 Å². The molecule has 0 aliphatic rings. The van der Waals surface area contributed by atoms with E-state index in [1.165, 1.54) is 17.1 Å². The third-order valence-electron chi connectivity index (χ3n) is 4.52. The monoisotopic (exact) mass is 378 g/mol. The molecule has 0 aliphatic heterocycles. The van der Waals surface area contributed by atoms with E-state index < -0.39 is 23.4 Å². The maximum atomic E-state index is 13.3. The first-order valence-electron chi connectivity index (χ1n) is 8.62. The van der Waals surface area contributed by atoms with E-state index in [9.17, 15) is 14.7 Å². The lowest BCUT2D eigenvalue weighted by Crippen LogP contribution is -2.44. The van der Waals surface area contributed by atoms with E-state index in [2.05, 4.69) is 4.98 Å². The van der Waals surface area contributed by atoms with Gasteiger partial charge in [0.05, 0.1) is 6.33 Å². The lowest BCUT2D eigenvalue weighted by molar-refractivity contribution is -0.161. The maximum absolute atomic E-state index is 13.3. The number of carboxylic acid groups (broad SMARTS) is 1. The zero-order valence-electron chi connectivity index (χ0n) is 14.9. The number of imidazole rings is 1. The summed E-state index contributed by atoms with van der Waals surface area (Å²) in [5.41, 5.74) is -1.50. The Morgan fingerprint density at radius 3 is 2.50 bits per heavy atom. The Bertz CT molecular complexity index is 731. The lowest BCUT2D eigenvalue weighted by atomic mass is 9.75. The highest BCUT2D eigenvalue weighted by atomic mass is 35.5. The van der Waals surface area contributed by atoms with Crippen molar-refractivity contribution >= 4 is 23.4 Å². The number of rotatable bonds is 10. The molecule has 0 spiro atoms. The summed E-state index contributed by atoms with van der Waals surface area (Å²) in [7, 11) is 0. The summed E-state index contributed by atoms with van der Waals surface area (Å²) < 4.78 is 7.35. The van der Waals surface area contributed by atoms with Crippen LogP contribution in [0.2, 0.25) is 5.02 Å². The number of aromatic nitrogens is 2. The van der Waals surface area contributed by atoms with Gasteiger partial charge in [-0.1, -0.05) is 38.3 Å². The summed E-state index contributed by atoms with van der Waals surface area (Å²) in [6.07, 6.45) is 5.33. The van der Waals surface area contributed by atoms with E-state index in [1.54, 1.807) is 37.4 Å². The predicted octanol–water partition coefficient (Wildman–Crippen LogP) is 4.35. The number of ether oxygens (including phenoxy) is 1. The van der Waals surface area contributed by atoms with Crippen LogP contribution in [0, 0.1) is 5.41 Å². The second-order valence-corrected chi connectivity index (χ2v) is 6.58. The molecule has 0 bridgehead atoms. The van der Waals surface area contributed by atoms with Crippen LogP contribution >= 0.6 is 11.6 Å². The zero-order chi connectivity index (χ0) is 19.2. The Morgan fingerprint density at radius 1 is 1.31 bits per heavy atom. The smallest absolute Gasteiger partial charge is 0.317 e. The number of aliphatic carboxylic acids is 1. The molecule has 7 heteroatoms. The van der Waals surface area contributed by atoms with Gasteiger partial charge in [-0.05, 0) is 37.1 Å². The first-order valence-corrected chi connectivity index (χ1v) is 8.99. The number of unbranched alkanes of at least 4 members (excludes halogenated alkanes) is 1. The lowest BCUT2D eigenvalue weighted by Gasteiger charge is -2.31. The molecule has 2 aromatic rings. The van der Waals surface area contributed by atoms with Crippen LogP contribution in [0.4, 0.5) is 0 Å². The van der Waals surface area contributed by atoms with Gasteiger partial charge in [0.2, 0.25) is 12.0 Å². The van der Waals surface area contributed by atoms with Crippen molar-refractivity contribution in [3.8, 4) is 5.75 Å². The average Bonchev–Trinajstić information content (AvgIpc) is 3.16. The molecular formula is C19H23ClN2O4. The minimum Gasteiger partial charge on any atom is -0.480 e. The highest BCUT2D eigenvalue weighted by molar-refractivity contribution is 6.30. The fraction of sp³-hybridized carbons (Fsp3) is 0.421. The van der Waals surface area contributed by atoms with Crippen LogP contribution < -0.4 is 4.74 Å². The van der Waals surface area contributed by atoms with Gasteiger partial charge in [0.25, 0.3) is 0 Å². The number of hydrogen-bond donors (Lipinski definition) is 1. The number of halogens is 1. The first-order chi connectivity index (χ1) is 12.4. The van der Waals surface area contributed by atoms with Gasteiger partial charge in [0.15, 0.2) is 0 Å². The van der Waals surface area contributed by atoms with Crippen molar-refractivity contribution < 1.29 is 19.4 Å². The van der Waals surface area contributed by atoms with Crippen LogP contribution in [0.5, 0.6) is 5.75 Å². The molecular weight excluding hydrogens is 356 g/mol. The number of benzene rings is 1. The van der Waals surface area contributed by atoms with Gasteiger partial charge < -0.3 is 9.84 Å². The molecule has 0 aliphatic carbocycles. The number of ketones is 1. The van der Waals surface area contributed by atoms with Crippen molar-refractivity contribution in [2.24, 2.45) is 5.41 Å². The number of hydrogen-bond acceptors (Lipinski definition) is 4. The molecule has 1 heterocycles. The molecule has 0 fully saturated rings. The fourth-order valence-corrected chi connectivity index (χ4v) is 2.98. The minimum absolute atomic E-state index is 0.191. The number of nitrogens with zero attached hydrogens (tertiary/aromatic N) is 2. The van der Waals surface area contributed by atoms with Gasteiger partial charge >= 0.3 is 5.97 Å². The molecule has 26 heavy (non-hydrogen) atoms. The molecule has 0 saturated carbocycles. The molecule has 0 saturated heterocycles. The summed E-state index contributed by atoms with van der Waals surface area (Å²) in [5, 5.41) is 10.4. The quantitative estimate of drug-likeness (QED) is 0.621. The third-order valence-corrected chi connectivity index (χ3v) is 4.77. The van der Waals surface area contributed by atoms with Crippen molar-refractivity contribution in [2.45, 2.75) is 45.8 Å². The highest BCUT2D eigenvalue weighted by Crippen LogP contribution is 2.36. The number of carbonyl (C=O) groups excluding carboxylic acids is 1. The Kier molecular flexibility index (Phi) is 6.80. The van der Waals surface area contributed by atoms with Crippen LogP contribution in [-0.2, 0) is 9.59 Å². The molecule has 6 nitrogen and oxygen atoms in total. The standard InChI is InChI=1S/C19H23ClN2O4/c1-3-5-10-19(4-2,18(24)25)16(23)17(22-12-11-21-13-22)26-15-8-6-14(20)7-9-15/h6-9,11-13,17H,3-5,10H2,1-2H3,(H,24,25). The maximum Gasteiger partial charge on any atom is 0.317 e. The van der Waals surface area contributed by atoms with Crippen LogP contribution in [0.15, 0.2) is 43.0 Å². The Morgan fingerprint density at radius 2 is 2.00 bits per heavy atom. The van der Waals surface area contributed by atoms with E-state index >= 15 is 0 Å². The topological polar surface area (TPSA) is 81.4 Å². The van der Waals surface area contributed by atoms with Crippen LogP contribution in [-0.4, -0.2) is 26.4 Å². The van der Waals surface area contributed by atoms with Gasteiger partial charge in [-0.25, -0.2) is 4.98 Å². The Labute approximate surface area is 157 Å². The van der Waals surface area contributed by atoms with E-state index in [0.717, 1.165) is 6.42 Å². The summed E-state index contributed by atoms with van der Waals surface area (Å²) in [6, 6.07) is 6.57. The van der Waals surface area contributed by atoms with Crippen molar-refractivity contribution in [3.05, 3.63) is 48.0 Å². The zero-order valence-corrected chi connectivity index (χ0v) is 15.6. The van der Waals surface area contributed by atoms with E-state index in [1.807, 2.05) is 6.92 Å². The van der Waals surface area contributed by atoms with Gasteiger partial charge in [-0.15, -0.1) is 0 Å². The number of carbonyl (C=O) groups is 2. The molecule has 2 rings (SSSR count). The van der Waals surface area contributed by atoms with E-state index in [-0.39, 0.29) is 12.8 Å². The minimum atomic E-state index is -1.50. The number of carboxylic acids is 1. The van der Waals surface area contributed by atoms with E-state index in [0.29, 0.717) is 17.2 Å². The SMILES string of the molecule is CCCCC(CC)(C(=O)O)C(=O)C(Oc1ccc(Cl)cc1)n1ccnc1. The second kappa shape index (κ2) is 8.85. The van der Waals surface area contributed by atoms with Gasteiger partial charge in [-0.3, -0.25) is 14.2 Å². The van der Waals surface area contributed by atoms with Crippen molar-refractivity contribution in [2.75, 3.05) is 0 Å². The van der Waals surface area contributed by atoms with Crippen molar-refractivity contribution in [1.29, 1.82) is 0 Å². The Hall–Kier alpha value is -2.34. The van der Waals surface area contributed by atoms with Crippen LogP contribution in [0.1, 0.15) is 45.8 Å². The molecule has 140 valence electrons. The molecule has 2 unspecified atom stereocenters. The molecule has 2 atom stereocenters. The van der Waals surface area contributed by atoms with Gasteiger partial charge in [0, 0.05) is 17.4 Å². The van der Waals surface area contributed by atoms with E-state index in [4.69, 9.17) is 16.3 Å². The number of Topliss-reactive ketones (excluding diaryl/α,β-unsaturated/α-hetero) is 1. The molecule has 0 radical (unpaired) electrons. The highest BCUT2D eigenvalue weighted by Gasteiger charge is 2.48. The van der Waals surface area contributed by atoms with Crippen molar-refractivity contribution in [3.63, 3.8) is 0 Å². The van der Waals surface area contributed by atoms with Crippen LogP contribution in [0.25, 0.3) is 0 Å². The summed E-state index contributed by atoms with van der Waals surface area (Å²) in [5.74, 6) is -1.19. The summed E-state index contributed by atoms with van der Waals surface area (Å²) in [6.45, 7) is 3.68. The van der Waals surface area contributed by atoms with Crippen molar-refractivity contribution in [1.82, 2.24) is 9.55 Å².